The molecule has 0 fully saturated rings. The summed E-state index contributed by atoms with van der Waals surface area (Å²) in [6.07, 6.45) is 0. The van der Waals surface area contributed by atoms with Gasteiger partial charge in [0.05, 0.1) is 4.90 Å². The quantitative estimate of drug-likeness (QED) is 0.749. The van der Waals surface area contributed by atoms with Gasteiger partial charge in [0.25, 0.3) is 9.84 Å². The lowest BCUT2D eigenvalue weighted by Gasteiger charge is -2.08. The van der Waals surface area contributed by atoms with Gasteiger partial charge in [-0.1, -0.05) is 0 Å². The highest BCUT2D eigenvalue weighted by molar-refractivity contribution is 7.92. The van der Waals surface area contributed by atoms with Crippen molar-refractivity contribution in [3.8, 4) is 0 Å². The second-order valence-corrected chi connectivity index (χ2v) is 5.34. The lowest BCUT2D eigenvalue weighted by atomic mass is 10.2. The molecule has 0 bridgehead atoms. The molecule has 0 amide bonds. The minimum Gasteiger partial charge on any atom is -0.423 e. The van der Waals surface area contributed by atoms with Crippen molar-refractivity contribution in [3.05, 3.63) is 40.8 Å². The van der Waals surface area contributed by atoms with Crippen molar-refractivity contribution in [1.82, 2.24) is 0 Å². The summed E-state index contributed by atoms with van der Waals surface area (Å²) in [5.41, 5.74) is -6.38. The molecule has 4 nitrogen and oxygen atoms in total. The Morgan fingerprint density at radius 2 is 1.67 bits per heavy atom. The van der Waals surface area contributed by atoms with Gasteiger partial charge in [-0.05, 0) is 18.2 Å². The van der Waals surface area contributed by atoms with Crippen molar-refractivity contribution >= 4 is 20.8 Å². The molecule has 0 saturated heterocycles. The van der Waals surface area contributed by atoms with E-state index in [2.05, 4.69) is 4.42 Å². The monoisotopic (exact) mass is 278 g/mol. The Morgan fingerprint density at radius 1 is 1.06 bits per heavy atom. The van der Waals surface area contributed by atoms with Gasteiger partial charge >= 0.3 is 11.1 Å². The first-order valence-electron chi connectivity index (χ1n) is 4.57. The summed E-state index contributed by atoms with van der Waals surface area (Å²) < 4.78 is 63.9. The molecular weight excluding hydrogens is 273 g/mol. The van der Waals surface area contributed by atoms with E-state index in [0.717, 1.165) is 18.2 Å². The molecule has 0 aliphatic carbocycles. The number of rotatable bonds is 1. The SMILES string of the molecule is O=c1ccc2ccc(S(=O)(=O)C(F)(F)F)cc2o1. The van der Waals surface area contributed by atoms with Crippen LogP contribution >= 0.6 is 0 Å². The van der Waals surface area contributed by atoms with Gasteiger partial charge < -0.3 is 4.42 Å². The average molecular weight is 278 g/mol. The Hall–Kier alpha value is -1.83. The number of alkyl halides is 3. The first-order valence-corrected chi connectivity index (χ1v) is 6.05. The summed E-state index contributed by atoms with van der Waals surface area (Å²) in [5, 5.41) is 0.329. The van der Waals surface area contributed by atoms with Gasteiger partial charge in [-0.15, -0.1) is 0 Å². The van der Waals surface area contributed by atoms with Crippen LogP contribution in [0.15, 0.2) is 44.4 Å². The first-order chi connectivity index (χ1) is 8.22. The van der Waals surface area contributed by atoms with Crippen molar-refractivity contribution in [2.75, 3.05) is 0 Å². The molecule has 1 aromatic carbocycles. The molecule has 0 atom stereocenters. The van der Waals surface area contributed by atoms with E-state index in [-0.39, 0.29) is 5.58 Å². The zero-order valence-electron chi connectivity index (χ0n) is 8.56. The fourth-order valence-electron chi connectivity index (χ4n) is 1.34. The third kappa shape index (κ3) is 1.99. The first kappa shape index (κ1) is 12.6. The number of hydrogen-bond donors (Lipinski definition) is 0. The van der Waals surface area contributed by atoms with Crippen molar-refractivity contribution in [2.24, 2.45) is 0 Å². The van der Waals surface area contributed by atoms with E-state index >= 15 is 0 Å². The normalized spacial score (nSPS) is 12.8. The lowest BCUT2D eigenvalue weighted by molar-refractivity contribution is -0.0435. The molecule has 0 aliphatic rings. The predicted octanol–water partition coefficient (Wildman–Crippen LogP) is 2.09. The van der Waals surface area contributed by atoms with Crippen LogP contribution in [0.5, 0.6) is 0 Å². The summed E-state index contributed by atoms with van der Waals surface area (Å²) in [7, 11) is -5.44. The summed E-state index contributed by atoms with van der Waals surface area (Å²) in [6.45, 7) is 0. The molecule has 0 radical (unpaired) electrons. The predicted molar refractivity (Wildman–Crippen MR) is 55.7 cm³/mol. The van der Waals surface area contributed by atoms with Crippen molar-refractivity contribution in [2.45, 2.75) is 10.4 Å². The minimum absolute atomic E-state index is 0.215. The highest BCUT2D eigenvalue weighted by atomic mass is 32.2. The minimum atomic E-state index is -5.44. The van der Waals surface area contributed by atoms with E-state index in [0.29, 0.717) is 11.5 Å². The van der Waals surface area contributed by atoms with Gasteiger partial charge in [0, 0.05) is 17.5 Å². The van der Waals surface area contributed by atoms with Gasteiger partial charge in [0.15, 0.2) is 0 Å². The Labute approximate surface area is 98.6 Å². The standard InChI is InChI=1S/C10H5F3O4S/c11-10(12,13)18(15,16)7-3-1-6-2-4-9(14)17-8(6)5-7/h1-5H. The van der Waals surface area contributed by atoms with Gasteiger partial charge in [-0.3, -0.25) is 0 Å². The van der Waals surface area contributed by atoms with E-state index in [9.17, 15) is 26.4 Å². The molecule has 1 aromatic heterocycles. The van der Waals surface area contributed by atoms with Crippen LogP contribution < -0.4 is 5.63 Å². The van der Waals surface area contributed by atoms with Crippen LogP contribution in [0.2, 0.25) is 0 Å². The van der Waals surface area contributed by atoms with Crippen LogP contribution in [0.1, 0.15) is 0 Å². The van der Waals surface area contributed by atoms with Crippen LogP contribution in [-0.4, -0.2) is 13.9 Å². The van der Waals surface area contributed by atoms with Crippen LogP contribution in [0.3, 0.4) is 0 Å². The smallest absolute Gasteiger partial charge is 0.423 e. The molecule has 1 heterocycles. The van der Waals surface area contributed by atoms with Crippen molar-refractivity contribution in [3.63, 3.8) is 0 Å². The molecule has 0 aliphatic heterocycles. The van der Waals surface area contributed by atoms with Crippen LogP contribution in [-0.2, 0) is 9.84 Å². The summed E-state index contributed by atoms with van der Waals surface area (Å²) in [6, 6.07) is 5.03. The number of benzene rings is 1. The van der Waals surface area contributed by atoms with E-state index in [1.54, 1.807) is 0 Å². The summed E-state index contributed by atoms with van der Waals surface area (Å²) >= 11 is 0. The molecule has 8 heteroatoms. The van der Waals surface area contributed by atoms with E-state index in [1.807, 2.05) is 0 Å². The van der Waals surface area contributed by atoms with Crippen molar-refractivity contribution < 1.29 is 26.0 Å². The maximum atomic E-state index is 12.3. The molecular formula is C10H5F3O4S. The molecule has 0 unspecified atom stereocenters. The maximum absolute atomic E-state index is 12.3. The number of sulfone groups is 1. The van der Waals surface area contributed by atoms with E-state index in [1.165, 1.54) is 6.07 Å². The Morgan fingerprint density at radius 3 is 2.28 bits per heavy atom. The summed E-state index contributed by atoms with van der Waals surface area (Å²) in [5.74, 6) is 0. The van der Waals surface area contributed by atoms with Gasteiger partial charge in [0.2, 0.25) is 0 Å². The second-order valence-electron chi connectivity index (χ2n) is 3.40. The highest BCUT2D eigenvalue weighted by Gasteiger charge is 2.46. The van der Waals surface area contributed by atoms with Crippen LogP contribution in [0.4, 0.5) is 13.2 Å². The third-order valence-electron chi connectivity index (χ3n) is 2.21. The third-order valence-corrected chi connectivity index (χ3v) is 3.69. The molecule has 0 N–H and O–H groups in total. The number of hydrogen-bond acceptors (Lipinski definition) is 4. The number of halogens is 3. The number of fused-ring (bicyclic) bond motifs is 1. The summed E-state index contributed by atoms with van der Waals surface area (Å²) in [4.78, 5) is 9.94. The molecule has 18 heavy (non-hydrogen) atoms. The van der Waals surface area contributed by atoms with E-state index < -0.39 is 25.9 Å². The topological polar surface area (TPSA) is 64.3 Å². The molecule has 2 aromatic rings. The van der Waals surface area contributed by atoms with Crippen LogP contribution in [0, 0.1) is 0 Å². The fourth-order valence-corrected chi connectivity index (χ4v) is 2.12. The zero-order chi connectivity index (χ0) is 13.6. The van der Waals surface area contributed by atoms with E-state index in [4.69, 9.17) is 0 Å². The second kappa shape index (κ2) is 3.84. The van der Waals surface area contributed by atoms with Gasteiger partial charge in [-0.25, -0.2) is 13.2 Å². The van der Waals surface area contributed by atoms with Gasteiger partial charge in [-0.2, -0.15) is 13.2 Å². The molecule has 0 spiro atoms. The molecule has 96 valence electrons. The fraction of sp³-hybridized carbons (Fsp3) is 0.100. The molecule has 0 saturated carbocycles. The van der Waals surface area contributed by atoms with Crippen molar-refractivity contribution in [1.29, 1.82) is 0 Å². The average Bonchev–Trinajstić information content (AvgIpc) is 2.26. The molecule has 2 rings (SSSR count). The lowest BCUT2D eigenvalue weighted by Crippen LogP contribution is -2.23. The highest BCUT2D eigenvalue weighted by Crippen LogP contribution is 2.31. The maximum Gasteiger partial charge on any atom is 0.501 e. The zero-order valence-corrected chi connectivity index (χ0v) is 9.38. The Balaban J connectivity index is 2.72. The largest absolute Gasteiger partial charge is 0.501 e. The Bertz CT molecular complexity index is 759. The Kier molecular flexibility index (Phi) is 2.69. The van der Waals surface area contributed by atoms with Crippen LogP contribution in [0.25, 0.3) is 11.0 Å². The van der Waals surface area contributed by atoms with Gasteiger partial charge in [0.1, 0.15) is 5.58 Å².